The van der Waals surface area contributed by atoms with Gasteiger partial charge in [-0.05, 0) is 142 Å². The van der Waals surface area contributed by atoms with Crippen molar-refractivity contribution in [2.75, 3.05) is 45.9 Å². The zero-order valence-corrected chi connectivity index (χ0v) is 38.1. The number of benzene rings is 4. The van der Waals surface area contributed by atoms with E-state index in [1.165, 1.54) is 61.3 Å². The molecule has 5 aliphatic heterocycles. The zero-order valence-electron chi connectivity index (χ0n) is 37.3. The Hall–Kier alpha value is -5.67. The van der Waals surface area contributed by atoms with Crippen LogP contribution in [0.1, 0.15) is 108 Å². The summed E-state index contributed by atoms with van der Waals surface area (Å²) >= 11 is 1.53. The topological polar surface area (TPSA) is 79.7 Å². The summed E-state index contributed by atoms with van der Waals surface area (Å²) < 4.78 is 0. The average molecular weight is 844 g/mol. The molecule has 1 aromatic heterocycles. The highest BCUT2D eigenvalue weighted by Gasteiger charge is 2.43. The molecular formula is C53H57N5O3S. The zero-order chi connectivity index (χ0) is 43.5. The molecule has 0 aliphatic carbocycles. The molecule has 0 spiro atoms. The lowest BCUT2D eigenvalue weighted by atomic mass is 9.69. The first-order valence-electron chi connectivity index (χ1n) is 22.2. The molecular weight excluding hydrogens is 787 g/mol. The molecule has 1 N–H and O–H groups in total. The lowest BCUT2D eigenvalue weighted by Crippen LogP contribution is -2.45. The fourth-order valence-corrected chi connectivity index (χ4v) is 11.5. The summed E-state index contributed by atoms with van der Waals surface area (Å²) in [6.45, 7) is 23.8. The van der Waals surface area contributed by atoms with Gasteiger partial charge in [0, 0.05) is 64.4 Å². The van der Waals surface area contributed by atoms with Crippen LogP contribution < -0.4 is 19.7 Å². The van der Waals surface area contributed by atoms with Crippen molar-refractivity contribution in [3.05, 3.63) is 124 Å². The van der Waals surface area contributed by atoms with E-state index in [0.717, 1.165) is 72.9 Å². The molecule has 0 radical (unpaired) electrons. The molecule has 1 amide bonds. The Morgan fingerprint density at radius 3 is 1.56 bits per heavy atom. The van der Waals surface area contributed by atoms with Crippen LogP contribution in [0, 0.1) is 0 Å². The highest BCUT2D eigenvalue weighted by molar-refractivity contribution is 7.16. The van der Waals surface area contributed by atoms with Gasteiger partial charge in [-0.2, -0.15) is 10.1 Å². The van der Waals surface area contributed by atoms with Gasteiger partial charge in [-0.15, -0.1) is 11.3 Å². The van der Waals surface area contributed by atoms with E-state index < -0.39 is 11.9 Å². The quantitative estimate of drug-likeness (QED) is 0.164. The molecule has 0 fully saturated rings. The largest absolute Gasteiger partial charge is 0.476 e. The van der Waals surface area contributed by atoms with Crippen molar-refractivity contribution in [1.82, 2.24) is 0 Å². The van der Waals surface area contributed by atoms with Crippen LogP contribution in [0.5, 0.6) is 0 Å². The minimum Gasteiger partial charge on any atom is -0.476 e. The van der Waals surface area contributed by atoms with Crippen LogP contribution in [0.3, 0.4) is 0 Å². The van der Waals surface area contributed by atoms with Gasteiger partial charge in [0.25, 0.3) is 5.91 Å². The molecule has 0 bridgehead atoms. The lowest BCUT2D eigenvalue weighted by Gasteiger charge is -2.49. The van der Waals surface area contributed by atoms with E-state index in [1.54, 1.807) is 30.3 Å². The number of amides is 1. The molecule has 6 heterocycles. The fraction of sp³-hybridized carbons (Fsp3) is 0.377. The molecule has 0 saturated heterocycles. The van der Waals surface area contributed by atoms with Gasteiger partial charge in [0.15, 0.2) is 5.71 Å². The van der Waals surface area contributed by atoms with Crippen LogP contribution in [-0.2, 0) is 31.2 Å². The molecule has 0 saturated carbocycles. The first-order chi connectivity index (χ1) is 29.4. The number of anilines is 6. The Bertz CT molecular complexity index is 2540. The monoisotopic (exact) mass is 843 g/mol. The van der Waals surface area contributed by atoms with Gasteiger partial charge in [0.05, 0.1) is 11.3 Å². The molecule has 10 rings (SSSR count). The number of hydrogen-bond donors (Lipinski definition) is 1. The van der Waals surface area contributed by atoms with Crippen LogP contribution in [0.25, 0.3) is 16.5 Å². The smallest absolute Gasteiger partial charge is 0.357 e. The minimum absolute atomic E-state index is 0.0398. The summed E-state index contributed by atoms with van der Waals surface area (Å²) in [4.78, 5) is 35.4. The van der Waals surface area contributed by atoms with Crippen molar-refractivity contribution in [3.63, 3.8) is 0 Å². The van der Waals surface area contributed by atoms with Crippen LogP contribution in [-0.4, -0.2) is 48.9 Å². The molecule has 62 heavy (non-hydrogen) atoms. The summed E-state index contributed by atoms with van der Waals surface area (Å²) in [6.07, 6.45) is 6.16. The number of carbonyl (C=O) groups is 2. The standard InChI is InChI=1S/C53H57N5O3S/c1-50(2)20-24-55-25-21-51(3,4)41-29-36(28-40(50)46(41)55)57(37-30-42-47-43(31-37)53(7,8)23-27-56(47)26-22-52(42,5)6)34-16-14-33(15-17-34)44-19-18-38(62-44)32-39-45(49(60)61)54-58(48(39)59)35-12-10-9-11-13-35/h9-19,28-32H,20-27H2,1-8H3,(H,60,61). The van der Waals surface area contributed by atoms with Crippen LogP contribution in [0.15, 0.2) is 102 Å². The summed E-state index contributed by atoms with van der Waals surface area (Å²) in [7, 11) is 0. The van der Waals surface area contributed by atoms with E-state index in [2.05, 4.69) is 124 Å². The molecule has 318 valence electrons. The van der Waals surface area contributed by atoms with E-state index in [4.69, 9.17) is 0 Å². The Kier molecular flexibility index (Phi) is 9.24. The normalized spacial score (nSPS) is 20.8. The van der Waals surface area contributed by atoms with Gasteiger partial charge in [-0.25, -0.2) is 4.79 Å². The minimum atomic E-state index is -1.24. The Morgan fingerprint density at radius 2 is 1.11 bits per heavy atom. The number of carboxylic acids is 1. The number of carbonyl (C=O) groups excluding carboxylic acids is 1. The predicted molar refractivity (Wildman–Crippen MR) is 256 cm³/mol. The Morgan fingerprint density at radius 1 is 0.645 bits per heavy atom. The molecule has 4 aromatic carbocycles. The van der Waals surface area contributed by atoms with Crippen molar-refractivity contribution in [1.29, 1.82) is 0 Å². The van der Waals surface area contributed by atoms with Crippen LogP contribution >= 0.6 is 11.3 Å². The van der Waals surface area contributed by atoms with Gasteiger partial charge in [0.2, 0.25) is 0 Å². The van der Waals surface area contributed by atoms with Crippen molar-refractivity contribution < 1.29 is 14.7 Å². The third kappa shape index (κ3) is 6.57. The first-order valence-corrected chi connectivity index (χ1v) is 23.1. The van der Waals surface area contributed by atoms with E-state index in [0.29, 0.717) is 5.69 Å². The summed E-state index contributed by atoms with van der Waals surface area (Å²) in [6, 6.07) is 31.8. The van der Waals surface area contributed by atoms with Gasteiger partial charge in [-0.3, -0.25) is 4.79 Å². The number of thiophene rings is 1. The first kappa shape index (κ1) is 40.4. The molecule has 5 aliphatic rings. The number of para-hydroxylation sites is 1. The third-order valence-electron chi connectivity index (χ3n) is 14.7. The maximum atomic E-state index is 13.5. The molecule has 9 heteroatoms. The second kappa shape index (κ2) is 14.2. The Balaban J connectivity index is 1.09. The number of carboxylic acid groups (broad SMARTS) is 1. The van der Waals surface area contributed by atoms with Crippen LogP contribution in [0.4, 0.5) is 34.1 Å². The maximum absolute atomic E-state index is 13.5. The summed E-state index contributed by atoms with van der Waals surface area (Å²) in [5.41, 5.74) is 13.7. The van der Waals surface area contributed by atoms with E-state index in [-0.39, 0.29) is 32.9 Å². The second-order valence-corrected chi connectivity index (χ2v) is 21.8. The van der Waals surface area contributed by atoms with Crippen molar-refractivity contribution >= 4 is 69.1 Å². The summed E-state index contributed by atoms with van der Waals surface area (Å²) in [5.74, 6) is -1.69. The molecule has 0 atom stereocenters. The highest BCUT2D eigenvalue weighted by Crippen LogP contribution is 2.55. The average Bonchev–Trinajstić information content (AvgIpc) is 3.84. The number of nitrogens with zero attached hydrogens (tertiary/aromatic N) is 5. The lowest BCUT2D eigenvalue weighted by molar-refractivity contribution is -0.129. The second-order valence-electron chi connectivity index (χ2n) is 20.6. The fourth-order valence-electron chi connectivity index (χ4n) is 10.5. The highest BCUT2D eigenvalue weighted by atomic mass is 32.1. The molecule has 8 nitrogen and oxygen atoms in total. The number of aliphatic carboxylic acids is 1. The predicted octanol–water partition coefficient (Wildman–Crippen LogP) is 12.1. The van der Waals surface area contributed by atoms with Crippen molar-refractivity contribution in [2.24, 2.45) is 5.10 Å². The molecule has 0 unspecified atom stereocenters. The van der Waals surface area contributed by atoms with Crippen molar-refractivity contribution in [3.8, 4) is 10.4 Å². The van der Waals surface area contributed by atoms with Gasteiger partial charge < -0.3 is 19.8 Å². The summed E-state index contributed by atoms with van der Waals surface area (Å²) in [5, 5.41) is 15.4. The number of hydrogen-bond acceptors (Lipinski definition) is 7. The number of rotatable bonds is 7. The van der Waals surface area contributed by atoms with Gasteiger partial charge in [0.1, 0.15) is 0 Å². The third-order valence-corrected chi connectivity index (χ3v) is 15.8. The SMILES string of the molecule is CC1(C)CCN2CCC(C)(C)c3cc(N(c4ccc(-c5ccc(C=C6C(=O)N(c7ccccc7)N=C6C(=O)O)s5)cc4)c4cc5c6c(c4)C(C)(C)CCN6CCC5(C)C)cc1c32. The Labute approximate surface area is 370 Å². The van der Waals surface area contributed by atoms with Crippen LogP contribution in [0.2, 0.25) is 0 Å². The van der Waals surface area contributed by atoms with Crippen molar-refractivity contribution in [2.45, 2.75) is 103 Å². The molecule has 5 aromatic rings. The van der Waals surface area contributed by atoms with E-state index >= 15 is 0 Å². The number of hydrazone groups is 1. The van der Waals surface area contributed by atoms with E-state index in [1.807, 2.05) is 18.2 Å². The van der Waals surface area contributed by atoms with Gasteiger partial charge >= 0.3 is 5.97 Å². The maximum Gasteiger partial charge on any atom is 0.357 e. The van der Waals surface area contributed by atoms with E-state index in [9.17, 15) is 14.7 Å². The van der Waals surface area contributed by atoms with Gasteiger partial charge in [-0.1, -0.05) is 85.7 Å².